The lowest BCUT2D eigenvalue weighted by Gasteiger charge is -2.30. The molecule has 0 bridgehead atoms. The quantitative estimate of drug-likeness (QED) is 0.633. The fourth-order valence-electron chi connectivity index (χ4n) is 3.71. The number of nitrogens with one attached hydrogen (secondary N) is 1. The fraction of sp³-hybridized carbons (Fsp3) is 0.227. The van der Waals surface area contributed by atoms with E-state index >= 15 is 0 Å². The molecule has 4 rings (SSSR count). The third-order valence-corrected chi connectivity index (χ3v) is 7.59. The Morgan fingerprint density at radius 1 is 1.03 bits per heavy atom. The van der Waals surface area contributed by atoms with Gasteiger partial charge in [0.25, 0.3) is 0 Å². The van der Waals surface area contributed by atoms with Gasteiger partial charge in [0.05, 0.1) is 9.92 Å². The summed E-state index contributed by atoms with van der Waals surface area (Å²) in [7, 11) is -3.79. The summed E-state index contributed by atoms with van der Waals surface area (Å²) in [6.45, 7) is 0.426. The van der Waals surface area contributed by atoms with E-state index in [1.165, 1.54) is 10.4 Å². The highest BCUT2D eigenvalue weighted by atomic mass is 35.5. The van der Waals surface area contributed by atoms with Gasteiger partial charge in [-0.15, -0.1) is 0 Å². The summed E-state index contributed by atoms with van der Waals surface area (Å²) in [6, 6.07) is 16.9. The van der Waals surface area contributed by atoms with Crippen molar-refractivity contribution in [1.82, 2.24) is 4.31 Å². The van der Waals surface area contributed by atoms with E-state index in [2.05, 4.69) is 5.32 Å². The van der Waals surface area contributed by atoms with Gasteiger partial charge in [0.1, 0.15) is 5.82 Å². The van der Waals surface area contributed by atoms with E-state index in [-0.39, 0.29) is 34.8 Å². The summed E-state index contributed by atoms with van der Waals surface area (Å²) in [6.07, 6.45) is 0.815. The van der Waals surface area contributed by atoms with Crippen LogP contribution in [0.3, 0.4) is 0 Å². The minimum absolute atomic E-state index is 0.0486. The molecule has 3 aromatic carbocycles. The number of carbonyl (C=O) groups excluding carboxylic acids is 1. The van der Waals surface area contributed by atoms with E-state index in [0.717, 1.165) is 28.6 Å². The van der Waals surface area contributed by atoms with E-state index in [1.807, 2.05) is 42.5 Å². The third-order valence-electron chi connectivity index (χ3n) is 5.40. The van der Waals surface area contributed by atoms with E-state index in [9.17, 15) is 17.6 Å². The highest BCUT2D eigenvalue weighted by Crippen LogP contribution is 2.28. The van der Waals surface area contributed by atoms with Crippen LogP contribution in [-0.4, -0.2) is 31.7 Å². The molecule has 1 heterocycles. The molecular weight excluding hydrogens is 427 g/mol. The van der Waals surface area contributed by atoms with Crippen LogP contribution in [0.4, 0.5) is 10.1 Å². The number of rotatable bonds is 4. The number of hydrogen-bond donors (Lipinski definition) is 1. The molecule has 1 saturated heterocycles. The zero-order valence-corrected chi connectivity index (χ0v) is 17.6. The first-order chi connectivity index (χ1) is 14.4. The van der Waals surface area contributed by atoms with Crippen LogP contribution in [0.1, 0.15) is 12.8 Å². The second-order valence-electron chi connectivity index (χ2n) is 7.27. The zero-order valence-electron chi connectivity index (χ0n) is 16.0. The van der Waals surface area contributed by atoms with Crippen molar-refractivity contribution in [2.45, 2.75) is 17.7 Å². The molecule has 8 heteroatoms. The van der Waals surface area contributed by atoms with Gasteiger partial charge in [-0.05, 0) is 42.5 Å². The first-order valence-corrected chi connectivity index (χ1v) is 11.4. The molecule has 0 spiro atoms. The lowest BCUT2D eigenvalue weighted by molar-refractivity contribution is -0.120. The van der Waals surface area contributed by atoms with Crippen LogP contribution < -0.4 is 5.32 Å². The molecule has 5 nitrogen and oxygen atoms in total. The second-order valence-corrected chi connectivity index (χ2v) is 9.62. The summed E-state index contributed by atoms with van der Waals surface area (Å²) in [4.78, 5) is 12.7. The molecule has 1 fully saturated rings. The van der Waals surface area contributed by atoms with Crippen molar-refractivity contribution in [3.05, 3.63) is 71.5 Å². The lowest BCUT2D eigenvalue weighted by atomic mass is 9.97. The summed E-state index contributed by atoms with van der Waals surface area (Å²) >= 11 is 5.73. The summed E-state index contributed by atoms with van der Waals surface area (Å²) in [5.74, 6) is -1.07. The third kappa shape index (κ3) is 4.05. The number of halogens is 2. The first kappa shape index (κ1) is 20.8. The number of amides is 1. The maximum Gasteiger partial charge on any atom is 0.243 e. The van der Waals surface area contributed by atoms with Crippen LogP contribution in [0, 0.1) is 11.7 Å². The summed E-state index contributed by atoms with van der Waals surface area (Å²) in [5.41, 5.74) is 0.745. The Hall–Kier alpha value is -2.48. The average Bonchev–Trinajstić information content (AvgIpc) is 2.76. The van der Waals surface area contributed by atoms with Gasteiger partial charge in [0, 0.05) is 30.1 Å². The van der Waals surface area contributed by atoms with Crippen molar-refractivity contribution < 1.29 is 17.6 Å². The molecule has 0 saturated carbocycles. The van der Waals surface area contributed by atoms with Gasteiger partial charge >= 0.3 is 0 Å². The number of piperidine rings is 1. The van der Waals surface area contributed by atoms with E-state index in [1.54, 1.807) is 0 Å². The summed E-state index contributed by atoms with van der Waals surface area (Å²) < 4.78 is 40.3. The van der Waals surface area contributed by atoms with E-state index in [0.29, 0.717) is 12.8 Å². The number of hydrogen-bond acceptors (Lipinski definition) is 3. The maximum absolute atomic E-state index is 13.4. The molecule has 3 aromatic rings. The van der Waals surface area contributed by atoms with Gasteiger partial charge in [0.2, 0.25) is 15.9 Å². The topological polar surface area (TPSA) is 66.5 Å². The molecule has 0 aromatic heterocycles. The Bertz CT molecular complexity index is 1200. The number of sulfonamides is 1. The molecule has 0 aliphatic carbocycles. The Balaban J connectivity index is 1.43. The zero-order chi connectivity index (χ0) is 21.3. The molecular formula is C22H20ClFN2O3S. The van der Waals surface area contributed by atoms with Crippen LogP contribution in [0.5, 0.6) is 0 Å². The van der Waals surface area contributed by atoms with E-state index < -0.39 is 15.8 Å². The minimum atomic E-state index is -3.79. The van der Waals surface area contributed by atoms with Gasteiger partial charge in [-0.1, -0.05) is 48.0 Å². The molecule has 0 radical (unpaired) electrons. The Morgan fingerprint density at radius 2 is 1.73 bits per heavy atom. The van der Waals surface area contributed by atoms with Crippen molar-refractivity contribution >= 4 is 44.0 Å². The Morgan fingerprint density at radius 3 is 2.47 bits per heavy atom. The van der Waals surface area contributed by atoms with Crippen molar-refractivity contribution in [2.24, 2.45) is 5.92 Å². The standard InChI is InChI=1S/C22H20ClFN2O3S/c23-19-14-17(8-9-20(19)24)30(28,29)26-12-10-16(11-13-26)22(27)25-21-7-3-5-15-4-1-2-6-18(15)21/h1-9,14,16H,10-13H2,(H,25,27). The SMILES string of the molecule is O=C(Nc1cccc2ccccc12)C1CCN(S(=O)(=O)c2ccc(F)c(Cl)c2)CC1. The van der Waals surface area contributed by atoms with Crippen LogP contribution >= 0.6 is 11.6 Å². The maximum atomic E-state index is 13.4. The van der Waals surface area contributed by atoms with Crippen LogP contribution in [0.25, 0.3) is 10.8 Å². The number of anilines is 1. The highest BCUT2D eigenvalue weighted by molar-refractivity contribution is 7.89. The molecule has 1 N–H and O–H groups in total. The highest BCUT2D eigenvalue weighted by Gasteiger charge is 2.32. The van der Waals surface area contributed by atoms with E-state index in [4.69, 9.17) is 11.6 Å². The molecule has 1 amide bonds. The first-order valence-electron chi connectivity index (χ1n) is 9.60. The van der Waals surface area contributed by atoms with Crippen molar-refractivity contribution in [2.75, 3.05) is 18.4 Å². The molecule has 156 valence electrons. The molecule has 1 aliphatic rings. The van der Waals surface area contributed by atoms with Crippen LogP contribution in [-0.2, 0) is 14.8 Å². The number of benzene rings is 3. The van der Waals surface area contributed by atoms with Gasteiger partial charge in [-0.25, -0.2) is 12.8 Å². The number of fused-ring (bicyclic) bond motifs is 1. The monoisotopic (exact) mass is 446 g/mol. The second kappa shape index (κ2) is 8.34. The van der Waals surface area contributed by atoms with Gasteiger partial charge in [0.15, 0.2) is 0 Å². The Kier molecular flexibility index (Phi) is 5.77. The molecule has 1 aliphatic heterocycles. The van der Waals surface area contributed by atoms with Crippen molar-refractivity contribution in [3.8, 4) is 0 Å². The number of nitrogens with zero attached hydrogens (tertiary/aromatic N) is 1. The molecule has 0 unspecified atom stereocenters. The van der Waals surface area contributed by atoms with Crippen molar-refractivity contribution in [3.63, 3.8) is 0 Å². The van der Waals surface area contributed by atoms with Gasteiger partial charge < -0.3 is 5.32 Å². The van der Waals surface area contributed by atoms with Crippen LogP contribution in [0.15, 0.2) is 65.6 Å². The molecule has 30 heavy (non-hydrogen) atoms. The summed E-state index contributed by atoms with van der Waals surface area (Å²) in [5, 5.41) is 4.75. The predicted molar refractivity (Wildman–Crippen MR) is 115 cm³/mol. The normalized spacial score (nSPS) is 15.9. The largest absolute Gasteiger partial charge is 0.325 e. The predicted octanol–water partition coefficient (Wildman–Crippen LogP) is 4.67. The van der Waals surface area contributed by atoms with Gasteiger partial charge in [-0.3, -0.25) is 4.79 Å². The minimum Gasteiger partial charge on any atom is -0.325 e. The van der Waals surface area contributed by atoms with Gasteiger partial charge in [-0.2, -0.15) is 4.31 Å². The van der Waals surface area contributed by atoms with Crippen molar-refractivity contribution in [1.29, 1.82) is 0 Å². The average molecular weight is 447 g/mol. The number of carbonyl (C=O) groups is 1. The fourth-order valence-corrected chi connectivity index (χ4v) is 5.46. The molecule has 0 atom stereocenters. The van der Waals surface area contributed by atoms with Crippen LogP contribution in [0.2, 0.25) is 5.02 Å². The Labute approximate surface area is 179 Å². The lowest BCUT2D eigenvalue weighted by Crippen LogP contribution is -2.41. The smallest absolute Gasteiger partial charge is 0.243 e.